The Kier molecular flexibility index (Phi) is 9.73. The minimum absolute atomic E-state index is 0.324. The summed E-state index contributed by atoms with van der Waals surface area (Å²) >= 11 is 0. The third kappa shape index (κ3) is 7.44. The third-order valence-corrected chi connectivity index (χ3v) is 4.13. The molecule has 0 saturated heterocycles. The van der Waals surface area contributed by atoms with Crippen LogP contribution in [0.1, 0.15) is 50.5 Å². The topological polar surface area (TPSA) is 66.0 Å². The fourth-order valence-electron chi connectivity index (χ4n) is 2.79. The van der Waals surface area contributed by atoms with E-state index in [2.05, 4.69) is 55.1 Å². The smallest absolute Gasteiger partial charge is 0.337 e. The van der Waals surface area contributed by atoms with E-state index in [1.54, 1.807) is 12.1 Å². The average Bonchev–Trinajstić information content (AvgIpc) is 2.62. The molecule has 0 aliphatic rings. The van der Waals surface area contributed by atoms with Gasteiger partial charge in [-0.15, -0.1) is 0 Å². The zero-order chi connectivity index (χ0) is 19.5. The van der Waals surface area contributed by atoms with Crippen LogP contribution in [0.2, 0.25) is 0 Å². The number of ether oxygens (including phenoxy) is 1. The molecule has 0 radical (unpaired) electrons. The Balaban J connectivity index is 2.61. The number of esters is 1. The number of aliphatic imine (C=N–C) groups is 1. The summed E-state index contributed by atoms with van der Waals surface area (Å²) in [5, 5.41) is 6.66. The minimum atomic E-state index is -0.324. The highest BCUT2D eigenvalue weighted by molar-refractivity contribution is 5.89. The zero-order valence-electron chi connectivity index (χ0n) is 17.0. The van der Waals surface area contributed by atoms with Crippen LogP contribution in [-0.4, -0.2) is 55.7 Å². The van der Waals surface area contributed by atoms with Crippen molar-refractivity contribution in [2.24, 2.45) is 4.99 Å². The van der Waals surface area contributed by atoms with E-state index in [0.717, 1.165) is 31.2 Å². The molecule has 0 amide bonds. The standard InChI is InChI=1S/C20H34N4O2/c1-7-21-20(22-12-13-24(15(2)3)16(4)5)23-14-17-8-10-18(11-9-17)19(25)26-6/h8-11,15-16H,7,12-14H2,1-6H3,(H2,21,22,23). The number of nitrogens with zero attached hydrogens (tertiary/aromatic N) is 2. The van der Waals surface area contributed by atoms with Crippen molar-refractivity contribution < 1.29 is 9.53 Å². The Morgan fingerprint density at radius 1 is 1.12 bits per heavy atom. The van der Waals surface area contributed by atoms with E-state index < -0.39 is 0 Å². The van der Waals surface area contributed by atoms with Crippen molar-refractivity contribution in [3.05, 3.63) is 35.4 Å². The van der Waals surface area contributed by atoms with Gasteiger partial charge in [-0.3, -0.25) is 4.90 Å². The van der Waals surface area contributed by atoms with Gasteiger partial charge in [0, 0.05) is 31.7 Å². The first-order chi connectivity index (χ1) is 12.4. The maximum Gasteiger partial charge on any atom is 0.337 e. The Morgan fingerprint density at radius 3 is 2.23 bits per heavy atom. The lowest BCUT2D eigenvalue weighted by Crippen LogP contribution is -2.45. The average molecular weight is 363 g/mol. The second kappa shape index (κ2) is 11.5. The Morgan fingerprint density at radius 2 is 1.73 bits per heavy atom. The molecule has 1 aromatic carbocycles. The normalized spacial score (nSPS) is 12.0. The number of hydrogen-bond acceptors (Lipinski definition) is 4. The minimum Gasteiger partial charge on any atom is -0.465 e. The Labute approximate surface area is 158 Å². The van der Waals surface area contributed by atoms with Crippen LogP contribution in [0.15, 0.2) is 29.3 Å². The number of carbonyl (C=O) groups excluding carboxylic acids is 1. The van der Waals surface area contributed by atoms with Crippen LogP contribution in [0, 0.1) is 0 Å². The van der Waals surface area contributed by atoms with Crippen molar-refractivity contribution in [3.8, 4) is 0 Å². The van der Waals surface area contributed by atoms with Crippen LogP contribution in [0.4, 0.5) is 0 Å². The molecule has 6 nitrogen and oxygen atoms in total. The summed E-state index contributed by atoms with van der Waals surface area (Å²) in [6.07, 6.45) is 0. The van der Waals surface area contributed by atoms with Gasteiger partial charge < -0.3 is 15.4 Å². The highest BCUT2D eigenvalue weighted by Crippen LogP contribution is 2.07. The summed E-state index contributed by atoms with van der Waals surface area (Å²) in [6.45, 7) is 14.1. The Hall–Kier alpha value is -2.08. The van der Waals surface area contributed by atoms with Gasteiger partial charge in [-0.05, 0) is 52.3 Å². The van der Waals surface area contributed by atoms with E-state index >= 15 is 0 Å². The molecule has 0 bridgehead atoms. The van der Waals surface area contributed by atoms with E-state index in [1.165, 1.54) is 7.11 Å². The van der Waals surface area contributed by atoms with Crippen molar-refractivity contribution in [1.29, 1.82) is 0 Å². The summed E-state index contributed by atoms with van der Waals surface area (Å²) in [5.41, 5.74) is 1.59. The number of methoxy groups -OCH3 is 1. The van der Waals surface area contributed by atoms with Crippen LogP contribution in [0.3, 0.4) is 0 Å². The van der Waals surface area contributed by atoms with Gasteiger partial charge in [-0.2, -0.15) is 0 Å². The van der Waals surface area contributed by atoms with Gasteiger partial charge in [0.05, 0.1) is 19.2 Å². The molecule has 0 aromatic heterocycles. The first-order valence-corrected chi connectivity index (χ1v) is 9.34. The molecule has 0 heterocycles. The molecule has 0 unspecified atom stereocenters. The number of benzene rings is 1. The summed E-state index contributed by atoms with van der Waals surface area (Å²) < 4.78 is 4.71. The van der Waals surface area contributed by atoms with Crippen molar-refractivity contribution >= 4 is 11.9 Å². The zero-order valence-corrected chi connectivity index (χ0v) is 17.0. The molecule has 0 saturated carbocycles. The molecular weight excluding hydrogens is 328 g/mol. The van der Waals surface area contributed by atoms with Crippen molar-refractivity contribution in [3.63, 3.8) is 0 Å². The van der Waals surface area contributed by atoms with E-state index in [4.69, 9.17) is 4.74 Å². The predicted octanol–water partition coefficient (Wildman–Crippen LogP) is 2.65. The van der Waals surface area contributed by atoms with E-state index in [0.29, 0.717) is 24.2 Å². The van der Waals surface area contributed by atoms with Crippen molar-refractivity contribution in [2.45, 2.75) is 53.2 Å². The maximum absolute atomic E-state index is 11.5. The fourth-order valence-corrected chi connectivity index (χ4v) is 2.79. The number of carbonyl (C=O) groups is 1. The van der Waals surface area contributed by atoms with Crippen LogP contribution in [0.5, 0.6) is 0 Å². The monoisotopic (exact) mass is 362 g/mol. The number of rotatable bonds is 9. The van der Waals surface area contributed by atoms with Gasteiger partial charge in [0.15, 0.2) is 5.96 Å². The fraction of sp³-hybridized carbons (Fsp3) is 0.600. The summed E-state index contributed by atoms with van der Waals surface area (Å²) in [4.78, 5) is 18.5. The van der Waals surface area contributed by atoms with Gasteiger partial charge in [-0.25, -0.2) is 9.79 Å². The number of nitrogens with one attached hydrogen (secondary N) is 2. The summed E-state index contributed by atoms with van der Waals surface area (Å²) in [5.74, 6) is 0.479. The lowest BCUT2D eigenvalue weighted by atomic mass is 10.1. The van der Waals surface area contributed by atoms with Crippen LogP contribution >= 0.6 is 0 Å². The molecule has 0 aliphatic heterocycles. The quantitative estimate of drug-likeness (QED) is 0.402. The van der Waals surface area contributed by atoms with E-state index in [-0.39, 0.29) is 5.97 Å². The Bertz CT molecular complexity index is 560. The largest absolute Gasteiger partial charge is 0.465 e. The van der Waals surface area contributed by atoms with E-state index in [1.807, 2.05) is 12.1 Å². The van der Waals surface area contributed by atoms with Gasteiger partial charge in [0.25, 0.3) is 0 Å². The lowest BCUT2D eigenvalue weighted by molar-refractivity contribution is 0.0600. The maximum atomic E-state index is 11.5. The molecule has 1 rings (SSSR count). The molecule has 0 spiro atoms. The molecule has 1 aromatic rings. The second-order valence-corrected chi connectivity index (χ2v) is 6.74. The molecule has 146 valence electrons. The van der Waals surface area contributed by atoms with Crippen LogP contribution in [-0.2, 0) is 11.3 Å². The SMILES string of the molecule is CCNC(=NCc1ccc(C(=O)OC)cc1)NCCN(C(C)C)C(C)C. The highest BCUT2D eigenvalue weighted by atomic mass is 16.5. The highest BCUT2D eigenvalue weighted by Gasteiger charge is 2.12. The summed E-state index contributed by atoms with van der Waals surface area (Å²) in [7, 11) is 1.38. The number of hydrogen-bond donors (Lipinski definition) is 2. The molecule has 6 heteroatoms. The van der Waals surface area contributed by atoms with Crippen molar-refractivity contribution in [1.82, 2.24) is 15.5 Å². The van der Waals surface area contributed by atoms with Crippen LogP contribution in [0.25, 0.3) is 0 Å². The predicted molar refractivity (Wildman–Crippen MR) is 108 cm³/mol. The second-order valence-electron chi connectivity index (χ2n) is 6.74. The first kappa shape index (κ1) is 22.0. The first-order valence-electron chi connectivity index (χ1n) is 9.34. The van der Waals surface area contributed by atoms with Crippen molar-refractivity contribution in [2.75, 3.05) is 26.7 Å². The molecular formula is C20H34N4O2. The third-order valence-electron chi connectivity index (χ3n) is 4.13. The van der Waals surface area contributed by atoms with Gasteiger partial charge >= 0.3 is 5.97 Å². The molecule has 26 heavy (non-hydrogen) atoms. The van der Waals surface area contributed by atoms with Crippen LogP contribution < -0.4 is 10.6 Å². The van der Waals surface area contributed by atoms with E-state index in [9.17, 15) is 4.79 Å². The number of guanidine groups is 1. The lowest BCUT2D eigenvalue weighted by Gasteiger charge is -2.30. The molecule has 0 aliphatic carbocycles. The summed E-state index contributed by atoms with van der Waals surface area (Å²) in [6, 6.07) is 8.37. The van der Waals surface area contributed by atoms with Gasteiger partial charge in [0.2, 0.25) is 0 Å². The van der Waals surface area contributed by atoms with Gasteiger partial charge in [-0.1, -0.05) is 12.1 Å². The molecule has 2 N–H and O–H groups in total. The molecule has 0 fully saturated rings. The molecule has 0 atom stereocenters. The van der Waals surface area contributed by atoms with Gasteiger partial charge in [0.1, 0.15) is 0 Å².